The number of aryl methyl sites for hydroxylation is 1. The molecule has 6 heteroatoms. The van der Waals surface area contributed by atoms with Crippen molar-refractivity contribution in [1.29, 1.82) is 10.5 Å². The molecule has 2 aromatic rings. The second-order valence-corrected chi connectivity index (χ2v) is 4.77. The fourth-order valence-electron chi connectivity index (χ4n) is 1.65. The minimum Gasteiger partial charge on any atom is -0.340 e. The van der Waals surface area contributed by atoms with Crippen LogP contribution in [0.1, 0.15) is 23.9 Å². The number of nitriles is 2. The molecule has 0 saturated heterocycles. The lowest BCUT2D eigenvalue weighted by Gasteiger charge is -2.08. The van der Waals surface area contributed by atoms with Crippen LogP contribution in [0.4, 0.5) is 11.5 Å². The Morgan fingerprint density at radius 3 is 2.55 bits per heavy atom. The Labute approximate surface area is 125 Å². The number of hydrogen-bond acceptors (Lipinski definition) is 5. The van der Waals surface area contributed by atoms with Gasteiger partial charge < -0.3 is 5.32 Å². The van der Waals surface area contributed by atoms with Crippen LogP contribution in [-0.2, 0) is 6.42 Å². The van der Waals surface area contributed by atoms with Crippen LogP contribution in [0.2, 0.25) is 0 Å². The second-order valence-electron chi connectivity index (χ2n) is 3.95. The maximum Gasteiger partial charge on any atom is 0.135 e. The Hall–Kier alpha value is -2.44. The molecule has 0 aliphatic heterocycles. The van der Waals surface area contributed by atoms with Crippen LogP contribution in [-0.4, -0.2) is 9.97 Å². The summed E-state index contributed by atoms with van der Waals surface area (Å²) >= 11 is 3.33. The highest BCUT2D eigenvalue weighted by Crippen LogP contribution is 2.20. The highest BCUT2D eigenvalue weighted by Gasteiger charge is 2.05. The first-order valence-electron chi connectivity index (χ1n) is 5.91. The highest BCUT2D eigenvalue weighted by molar-refractivity contribution is 9.10. The van der Waals surface area contributed by atoms with Crippen molar-refractivity contribution in [1.82, 2.24) is 9.97 Å². The SMILES string of the molecule is CCc1nc(Br)cc(Nc2ccc(C#N)c(C#N)c2)n1. The predicted octanol–water partition coefficient (Wildman–Crippen LogP) is 3.29. The number of aromatic nitrogens is 2. The topological polar surface area (TPSA) is 85.4 Å². The Bertz CT molecular complexity index is 727. The molecular formula is C14H10BrN5. The molecule has 0 radical (unpaired) electrons. The van der Waals surface area contributed by atoms with E-state index in [1.165, 1.54) is 0 Å². The number of rotatable bonds is 3. The first-order valence-corrected chi connectivity index (χ1v) is 6.70. The van der Waals surface area contributed by atoms with Crippen LogP contribution in [0, 0.1) is 22.7 Å². The van der Waals surface area contributed by atoms with Gasteiger partial charge in [-0.05, 0) is 34.1 Å². The zero-order valence-electron chi connectivity index (χ0n) is 10.7. The van der Waals surface area contributed by atoms with Crippen LogP contribution in [0.15, 0.2) is 28.9 Å². The Morgan fingerprint density at radius 1 is 1.15 bits per heavy atom. The summed E-state index contributed by atoms with van der Waals surface area (Å²) in [5, 5.41) is 21.0. The van der Waals surface area contributed by atoms with E-state index in [9.17, 15) is 0 Å². The monoisotopic (exact) mass is 327 g/mol. The molecular weight excluding hydrogens is 318 g/mol. The van der Waals surface area contributed by atoms with Gasteiger partial charge in [0.2, 0.25) is 0 Å². The summed E-state index contributed by atoms with van der Waals surface area (Å²) in [5.41, 5.74) is 1.39. The Morgan fingerprint density at radius 2 is 1.90 bits per heavy atom. The molecule has 0 amide bonds. The number of anilines is 2. The quantitative estimate of drug-likeness (QED) is 0.874. The molecule has 5 nitrogen and oxygen atoms in total. The summed E-state index contributed by atoms with van der Waals surface area (Å²) in [6, 6.07) is 10.7. The molecule has 1 N–H and O–H groups in total. The molecule has 0 bridgehead atoms. The van der Waals surface area contributed by atoms with Crippen molar-refractivity contribution >= 4 is 27.4 Å². The standard InChI is InChI=1S/C14H10BrN5/c1-2-13-19-12(15)6-14(20-13)18-11-4-3-9(7-16)10(5-11)8-17/h3-6H,2H2,1H3,(H,18,19,20). The zero-order valence-corrected chi connectivity index (χ0v) is 12.3. The van der Waals surface area contributed by atoms with Crippen LogP contribution in [0.5, 0.6) is 0 Å². The van der Waals surface area contributed by atoms with Crippen molar-refractivity contribution < 1.29 is 0 Å². The fraction of sp³-hybridized carbons (Fsp3) is 0.143. The van der Waals surface area contributed by atoms with Crippen molar-refractivity contribution in [2.75, 3.05) is 5.32 Å². The van der Waals surface area contributed by atoms with Crippen molar-refractivity contribution in [3.63, 3.8) is 0 Å². The normalized spacial score (nSPS) is 9.60. The number of hydrogen-bond donors (Lipinski definition) is 1. The lowest BCUT2D eigenvalue weighted by Crippen LogP contribution is -2.00. The number of halogens is 1. The van der Waals surface area contributed by atoms with Gasteiger partial charge in [0.15, 0.2) is 0 Å². The van der Waals surface area contributed by atoms with Gasteiger partial charge in [0.05, 0.1) is 11.1 Å². The summed E-state index contributed by atoms with van der Waals surface area (Å²) in [4.78, 5) is 8.57. The van der Waals surface area contributed by atoms with E-state index in [2.05, 4.69) is 31.2 Å². The van der Waals surface area contributed by atoms with Crippen molar-refractivity contribution in [3.8, 4) is 12.1 Å². The second kappa shape index (κ2) is 6.14. The number of nitrogens with zero attached hydrogens (tertiary/aromatic N) is 4. The van der Waals surface area contributed by atoms with Gasteiger partial charge in [0, 0.05) is 18.2 Å². The van der Waals surface area contributed by atoms with E-state index in [1.54, 1.807) is 24.3 Å². The lowest BCUT2D eigenvalue weighted by molar-refractivity contribution is 0.931. The highest BCUT2D eigenvalue weighted by atomic mass is 79.9. The van der Waals surface area contributed by atoms with Gasteiger partial charge in [0.1, 0.15) is 28.4 Å². The molecule has 0 atom stereocenters. The zero-order chi connectivity index (χ0) is 14.5. The molecule has 1 aromatic heterocycles. The van der Waals surface area contributed by atoms with Gasteiger partial charge in [-0.2, -0.15) is 10.5 Å². The van der Waals surface area contributed by atoms with Crippen molar-refractivity contribution in [2.24, 2.45) is 0 Å². The van der Waals surface area contributed by atoms with E-state index in [-0.39, 0.29) is 0 Å². The molecule has 1 heterocycles. The molecule has 0 aliphatic rings. The third kappa shape index (κ3) is 3.11. The molecule has 20 heavy (non-hydrogen) atoms. The maximum absolute atomic E-state index is 9.00. The van der Waals surface area contributed by atoms with E-state index in [0.717, 1.165) is 12.2 Å². The molecule has 0 spiro atoms. The summed E-state index contributed by atoms with van der Waals surface area (Å²) < 4.78 is 0.695. The van der Waals surface area contributed by atoms with Gasteiger partial charge in [-0.3, -0.25) is 0 Å². The summed E-state index contributed by atoms with van der Waals surface area (Å²) in [6.07, 6.45) is 0.727. The van der Waals surface area contributed by atoms with Crippen LogP contribution < -0.4 is 5.32 Å². The van der Waals surface area contributed by atoms with Gasteiger partial charge in [-0.15, -0.1) is 0 Å². The van der Waals surface area contributed by atoms with E-state index < -0.39 is 0 Å². The Balaban J connectivity index is 2.33. The molecule has 0 unspecified atom stereocenters. The smallest absolute Gasteiger partial charge is 0.135 e. The first-order chi connectivity index (χ1) is 9.66. The molecule has 98 valence electrons. The molecule has 0 saturated carbocycles. The summed E-state index contributed by atoms with van der Waals surface area (Å²) in [7, 11) is 0. The average molecular weight is 328 g/mol. The lowest BCUT2D eigenvalue weighted by atomic mass is 10.1. The third-order valence-electron chi connectivity index (χ3n) is 2.59. The van der Waals surface area contributed by atoms with Gasteiger partial charge >= 0.3 is 0 Å². The van der Waals surface area contributed by atoms with Gasteiger partial charge in [0.25, 0.3) is 0 Å². The molecule has 1 aromatic carbocycles. The first kappa shape index (κ1) is 14.0. The number of benzene rings is 1. The van der Waals surface area contributed by atoms with E-state index in [0.29, 0.717) is 27.2 Å². The molecule has 0 fully saturated rings. The van der Waals surface area contributed by atoms with E-state index in [4.69, 9.17) is 10.5 Å². The largest absolute Gasteiger partial charge is 0.340 e. The minimum absolute atomic E-state index is 0.335. The van der Waals surface area contributed by atoms with Crippen LogP contribution in [0.25, 0.3) is 0 Å². The summed E-state index contributed by atoms with van der Waals surface area (Å²) in [5.74, 6) is 1.35. The molecule has 2 rings (SSSR count). The Kier molecular flexibility index (Phi) is 4.29. The predicted molar refractivity (Wildman–Crippen MR) is 78.3 cm³/mol. The summed E-state index contributed by atoms with van der Waals surface area (Å²) in [6.45, 7) is 1.97. The van der Waals surface area contributed by atoms with Crippen LogP contribution in [0.3, 0.4) is 0 Å². The number of nitrogens with one attached hydrogen (secondary N) is 1. The van der Waals surface area contributed by atoms with Crippen molar-refractivity contribution in [2.45, 2.75) is 13.3 Å². The van der Waals surface area contributed by atoms with Crippen molar-refractivity contribution in [3.05, 3.63) is 45.8 Å². The van der Waals surface area contributed by atoms with Gasteiger partial charge in [-0.25, -0.2) is 9.97 Å². The third-order valence-corrected chi connectivity index (χ3v) is 3.00. The fourth-order valence-corrected chi connectivity index (χ4v) is 2.07. The minimum atomic E-state index is 0.335. The average Bonchev–Trinajstić information content (AvgIpc) is 2.46. The van der Waals surface area contributed by atoms with Gasteiger partial charge in [-0.1, -0.05) is 6.92 Å². The maximum atomic E-state index is 9.00. The van der Waals surface area contributed by atoms with E-state index in [1.807, 2.05) is 19.1 Å². The van der Waals surface area contributed by atoms with E-state index >= 15 is 0 Å². The van der Waals surface area contributed by atoms with Crippen LogP contribution >= 0.6 is 15.9 Å². The molecule has 0 aliphatic carbocycles.